The van der Waals surface area contributed by atoms with E-state index in [9.17, 15) is 9.59 Å². The van der Waals surface area contributed by atoms with Crippen molar-refractivity contribution < 1.29 is 14.3 Å². The summed E-state index contributed by atoms with van der Waals surface area (Å²) in [5.74, 6) is -0.430. The smallest absolute Gasteiger partial charge is 0.313 e. The van der Waals surface area contributed by atoms with Gasteiger partial charge in [0.25, 0.3) is 0 Å². The maximum Gasteiger partial charge on any atom is 0.313 e. The molecule has 0 saturated heterocycles. The third-order valence-corrected chi connectivity index (χ3v) is 4.88. The standard InChI is InChI=1S/C24H44O3/c1-4-5-6-7-8-9-10-11-12-13-14-15-16-17-18-19-23(25)20-24(26)27-21-22(2)3/h2,4-21H2,1,3H3. The van der Waals surface area contributed by atoms with E-state index in [4.69, 9.17) is 4.74 Å². The third-order valence-electron chi connectivity index (χ3n) is 4.88. The molecule has 0 aliphatic carbocycles. The number of carbonyl (C=O) groups is 2. The fourth-order valence-corrected chi connectivity index (χ4v) is 3.20. The Morgan fingerprint density at radius 2 is 1.11 bits per heavy atom. The van der Waals surface area contributed by atoms with Crippen LogP contribution in [0.5, 0.6) is 0 Å². The minimum Gasteiger partial charge on any atom is -0.461 e. The number of rotatable bonds is 20. The SMILES string of the molecule is C=C(C)COC(=O)CC(=O)CCCCCCCCCCCCCCCCC. The van der Waals surface area contributed by atoms with Gasteiger partial charge in [0.15, 0.2) is 0 Å². The molecule has 0 aromatic carbocycles. The van der Waals surface area contributed by atoms with E-state index in [0.29, 0.717) is 6.42 Å². The highest BCUT2D eigenvalue weighted by atomic mass is 16.5. The van der Waals surface area contributed by atoms with Crippen LogP contribution in [0.1, 0.15) is 123 Å². The number of hydrogen-bond donors (Lipinski definition) is 0. The van der Waals surface area contributed by atoms with Crippen LogP contribution in [0.3, 0.4) is 0 Å². The van der Waals surface area contributed by atoms with Gasteiger partial charge in [-0.1, -0.05) is 103 Å². The highest BCUT2D eigenvalue weighted by Gasteiger charge is 2.10. The first-order chi connectivity index (χ1) is 13.1. The Kier molecular flexibility index (Phi) is 18.8. The Morgan fingerprint density at radius 1 is 0.704 bits per heavy atom. The molecule has 0 aromatic rings. The molecule has 0 fully saturated rings. The zero-order valence-corrected chi connectivity index (χ0v) is 18.2. The zero-order valence-electron chi connectivity index (χ0n) is 18.2. The zero-order chi connectivity index (χ0) is 20.2. The molecule has 0 bridgehead atoms. The minimum absolute atomic E-state index is 0.00332. The van der Waals surface area contributed by atoms with Crippen molar-refractivity contribution in [2.24, 2.45) is 0 Å². The molecule has 3 heteroatoms. The molecule has 0 aromatic heterocycles. The van der Waals surface area contributed by atoms with E-state index in [1.807, 2.05) is 0 Å². The van der Waals surface area contributed by atoms with Gasteiger partial charge in [0.2, 0.25) is 0 Å². The quantitative estimate of drug-likeness (QED) is 0.0961. The van der Waals surface area contributed by atoms with Crippen molar-refractivity contribution in [3.05, 3.63) is 12.2 Å². The summed E-state index contributed by atoms with van der Waals surface area (Å²) in [6.45, 7) is 7.94. The summed E-state index contributed by atoms with van der Waals surface area (Å²) >= 11 is 0. The average molecular weight is 381 g/mol. The summed E-state index contributed by atoms with van der Waals surface area (Å²) in [5.41, 5.74) is 0.790. The van der Waals surface area contributed by atoms with E-state index in [-0.39, 0.29) is 18.8 Å². The van der Waals surface area contributed by atoms with Crippen LogP contribution < -0.4 is 0 Å². The van der Waals surface area contributed by atoms with Crippen LogP contribution in [0, 0.1) is 0 Å². The first-order valence-corrected chi connectivity index (χ1v) is 11.4. The molecule has 3 nitrogen and oxygen atoms in total. The maximum atomic E-state index is 11.7. The Morgan fingerprint density at radius 3 is 1.52 bits per heavy atom. The maximum absolute atomic E-state index is 11.7. The molecule has 0 spiro atoms. The Bertz CT molecular complexity index is 387. The lowest BCUT2D eigenvalue weighted by Gasteiger charge is -2.04. The molecule has 158 valence electrons. The predicted octanol–water partition coefficient (Wildman–Crippen LogP) is 7.33. The van der Waals surface area contributed by atoms with E-state index < -0.39 is 5.97 Å². The van der Waals surface area contributed by atoms with Crippen LogP contribution in [-0.4, -0.2) is 18.4 Å². The topological polar surface area (TPSA) is 43.4 Å². The summed E-state index contributed by atoms with van der Waals surface area (Å²) in [7, 11) is 0. The van der Waals surface area contributed by atoms with Crippen molar-refractivity contribution in [1.82, 2.24) is 0 Å². The molecule has 0 N–H and O–H groups in total. The van der Waals surface area contributed by atoms with Crippen LogP contribution >= 0.6 is 0 Å². The highest BCUT2D eigenvalue weighted by Crippen LogP contribution is 2.14. The minimum atomic E-state index is -0.427. The Labute approximate surface area is 168 Å². The summed E-state index contributed by atoms with van der Waals surface area (Å²) in [6, 6.07) is 0. The van der Waals surface area contributed by atoms with E-state index in [1.165, 1.54) is 83.5 Å². The predicted molar refractivity (Wildman–Crippen MR) is 115 cm³/mol. The van der Waals surface area contributed by atoms with Crippen LogP contribution in [0.15, 0.2) is 12.2 Å². The fraction of sp³-hybridized carbons (Fsp3) is 0.833. The molecule has 0 radical (unpaired) electrons. The molecular formula is C24H44O3. The summed E-state index contributed by atoms with van der Waals surface area (Å²) in [6.07, 6.45) is 20.1. The number of ether oxygens (including phenoxy) is 1. The first kappa shape index (κ1) is 25.9. The molecule has 0 rings (SSSR count). The number of esters is 1. The van der Waals surface area contributed by atoms with Crippen LogP contribution in [-0.2, 0) is 14.3 Å². The van der Waals surface area contributed by atoms with E-state index in [1.54, 1.807) is 6.92 Å². The van der Waals surface area contributed by atoms with Gasteiger partial charge in [-0.25, -0.2) is 0 Å². The van der Waals surface area contributed by atoms with Gasteiger partial charge in [0.1, 0.15) is 18.8 Å². The van der Waals surface area contributed by atoms with Gasteiger partial charge < -0.3 is 4.74 Å². The molecule has 0 unspecified atom stereocenters. The third kappa shape index (κ3) is 21.0. The lowest BCUT2D eigenvalue weighted by Crippen LogP contribution is -2.12. The normalized spacial score (nSPS) is 10.7. The van der Waals surface area contributed by atoms with Crippen molar-refractivity contribution in [2.45, 2.75) is 123 Å². The van der Waals surface area contributed by atoms with Gasteiger partial charge in [-0.3, -0.25) is 9.59 Å². The van der Waals surface area contributed by atoms with Gasteiger partial charge in [0, 0.05) is 6.42 Å². The molecule has 27 heavy (non-hydrogen) atoms. The molecular weight excluding hydrogens is 336 g/mol. The van der Waals surface area contributed by atoms with Crippen molar-refractivity contribution in [1.29, 1.82) is 0 Å². The molecule has 0 saturated carbocycles. The summed E-state index contributed by atoms with van der Waals surface area (Å²) in [4.78, 5) is 23.1. The molecule has 0 heterocycles. The lowest BCUT2D eigenvalue weighted by molar-refractivity contribution is -0.145. The second-order valence-corrected chi connectivity index (χ2v) is 8.03. The van der Waals surface area contributed by atoms with Crippen LogP contribution in [0.4, 0.5) is 0 Å². The first-order valence-electron chi connectivity index (χ1n) is 11.4. The van der Waals surface area contributed by atoms with E-state index in [0.717, 1.165) is 18.4 Å². The molecule has 0 amide bonds. The fourth-order valence-electron chi connectivity index (χ4n) is 3.20. The van der Waals surface area contributed by atoms with Gasteiger partial charge in [-0.05, 0) is 18.9 Å². The van der Waals surface area contributed by atoms with E-state index >= 15 is 0 Å². The van der Waals surface area contributed by atoms with E-state index in [2.05, 4.69) is 13.5 Å². The van der Waals surface area contributed by atoms with Crippen molar-refractivity contribution in [3.63, 3.8) is 0 Å². The number of ketones is 1. The lowest BCUT2D eigenvalue weighted by atomic mass is 10.0. The second kappa shape index (κ2) is 19.6. The number of unbranched alkanes of at least 4 members (excludes halogenated alkanes) is 14. The monoisotopic (exact) mass is 380 g/mol. The van der Waals surface area contributed by atoms with Crippen molar-refractivity contribution >= 4 is 11.8 Å². The number of Topliss-reactive ketones (excluding diaryl/α,β-unsaturated/α-hetero) is 1. The number of hydrogen-bond acceptors (Lipinski definition) is 3. The second-order valence-electron chi connectivity index (χ2n) is 8.03. The summed E-state index contributed by atoms with van der Waals surface area (Å²) < 4.78 is 4.94. The van der Waals surface area contributed by atoms with Crippen LogP contribution in [0.2, 0.25) is 0 Å². The summed E-state index contributed by atoms with van der Waals surface area (Å²) in [5, 5.41) is 0. The average Bonchev–Trinajstić information content (AvgIpc) is 2.63. The highest BCUT2D eigenvalue weighted by molar-refractivity contribution is 5.95. The molecule has 0 atom stereocenters. The van der Waals surface area contributed by atoms with Gasteiger partial charge >= 0.3 is 5.97 Å². The van der Waals surface area contributed by atoms with Crippen molar-refractivity contribution in [3.8, 4) is 0 Å². The molecule has 0 aliphatic heterocycles. The van der Waals surface area contributed by atoms with Gasteiger partial charge in [-0.2, -0.15) is 0 Å². The van der Waals surface area contributed by atoms with Gasteiger partial charge in [0.05, 0.1) is 0 Å². The Hall–Kier alpha value is -1.12. The van der Waals surface area contributed by atoms with Crippen LogP contribution in [0.25, 0.3) is 0 Å². The van der Waals surface area contributed by atoms with Gasteiger partial charge in [-0.15, -0.1) is 0 Å². The number of carbonyl (C=O) groups excluding carboxylic acids is 2. The largest absolute Gasteiger partial charge is 0.461 e. The Balaban J connectivity index is 3.25. The molecule has 0 aliphatic rings. The van der Waals surface area contributed by atoms with Crippen molar-refractivity contribution in [2.75, 3.05) is 6.61 Å².